The summed E-state index contributed by atoms with van der Waals surface area (Å²) >= 11 is 3.40. The van der Waals surface area contributed by atoms with Crippen LogP contribution in [0.4, 0.5) is 28.7 Å². The summed E-state index contributed by atoms with van der Waals surface area (Å²) in [5, 5.41) is 6.29. The molecule has 2 aromatic heterocycles. The number of aromatic nitrogens is 3. The van der Waals surface area contributed by atoms with Crippen molar-refractivity contribution in [1.82, 2.24) is 15.0 Å². The Labute approximate surface area is 136 Å². The van der Waals surface area contributed by atoms with Crippen LogP contribution in [0.5, 0.6) is 0 Å². The number of pyridine rings is 1. The molecule has 3 rings (SSSR count). The van der Waals surface area contributed by atoms with Gasteiger partial charge in [0.25, 0.3) is 0 Å². The van der Waals surface area contributed by atoms with Crippen molar-refractivity contribution in [3.05, 3.63) is 59.6 Å². The molecule has 4 N–H and O–H groups in total. The molecule has 0 radical (unpaired) electrons. The van der Waals surface area contributed by atoms with Crippen molar-refractivity contribution in [3.8, 4) is 0 Å². The van der Waals surface area contributed by atoms with Gasteiger partial charge < -0.3 is 16.4 Å². The molecule has 0 saturated heterocycles. The fraction of sp³-hybridized carbons (Fsp3) is 0. The average molecular weight is 357 g/mol. The van der Waals surface area contributed by atoms with Gasteiger partial charge in [0.15, 0.2) is 11.6 Å². The fourth-order valence-electron chi connectivity index (χ4n) is 1.84. The number of hydrogen-bond acceptors (Lipinski definition) is 6. The molecule has 2 heterocycles. The van der Waals surface area contributed by atoms with E-state index in [1.807, 2.05) is 36.4 Å². The summed E-state index contributed by atoms with van der Waals surface area (Å²) in [6, 6.07) is 11.5. The van der Waals surface area contributed by atoms with Crippen molar-refractivity contribution in [1.29, 1.82) is 0 Å². The van der Waals surface area contributed by atoms with E-state index in [0.29, 0.717) is 17.3 Å². The molecule has 0 amide bonds. The first-order chi connectivity index (χ1) is 10.7. The number of hydrogen-bond donors (Lipinski definition) is 3. The Morgan fingerprint density at radius 3 is 2.23 bits per heavy atom. The molecule has 0 fully saturated rings. The molecule has 0 saturated carbocycles. The van der Waals surface area contributed by atoms with Crippen LogP contribution < -0.4 is 16.4 Å². The van der Waals surface area contributed by atoms with Crippen molar-refractivity contribution >= 4 is 44.6 Å². The molecule has 7 heteroatoms. The SMILES string of the molecule is Nc1c(Nc2ccc(Br)cc2)ncnc1Nc1cccnc1. The summed E-state index contributed by atoms with van der Waals surface area (Å²) in [6.07, 6.45) is 4.86. The number of nitrogens with zero attached hydrogens (tertiary/aromatic N) is 3. The number of nitrogens with two attached hydrogens (primary N) is 1. The van der Waals surface area contributed by atoms with Gasteiger partial charge in [0, 0.05) is 16.4 Å². The van der Waals surface area contributed by atoms with E-state index in [1.165, 1.54) is 6.33 Å². The molecule has 0 aliphatic rings. The van der Waals surface area contributed by atoms with E-state index < -0.39 is 0 Å². The lowest BCUT2D eigenvalue weighted by atomic mass is 10.3. The molecule has 0 atom stereocenters. The van der Waals surface area contributed by atoms with Crippen molar-refractivity contribution in [2.45, 2.75) is 0 Å². The van der Waals surface area contributed by atoms with Crippen LogP contribution in [-0.4, -0.2) is 15.0 Å². The van der Waals surface area contributed by atoms with Crippen LogP contribution in [0, 0.1) is 0 Å². The maximum absolute atomic E-state index is 6.13. The van der Waals surface area contributed by atoms with Gasteiger partial charge >= 0.3 is 0 Å². The Morgan fingerprint density at radius 2 is 1.59 bits per heavy atom. The number of nitrogens with one attached hydrogen (secondary N) is 2. The predicted octanol–water partition coefficient (Wildman–Crippen LogP) is 3.70. The minimum atomic E-state index is 0.439. The molecule has 22 heavy (non-hydrogen) atoms. The molecule has 110 valence electrons. The fourth-order valence-corrected chi connectivity index (χ4v) is 2.10. The van der Waals surface area contributed by atoms with E-state index in [0.717, 1.165) is 15.8 Å². The first-order valence-electron chi connectivity index (χ1n) is 6.52. The Morgan fingerprint density at radius 1 is 0.909 bits per heavy atom. The molecule has 0 aliphatic carbocycles. The summed E-state index contributed by atoms with van der Waals surface area (Å²) in [5.74, 6) is 1.08. The standard InChI is InChI=1S/C15H13BrN6/c16-10-3-5-11(6-4-10)21-14-13(17)15(20-9-19-14)22-12-2-1-7-18-8-12/h1-9H,17H2,(H2,19,20,21,22). The summed E-state index contributed by atoms with van der Waals surface area (Å²) in [6.45, 7) is 0. The van der Waals surface area contributed by atoms with Gasteiger partial charge in [-0.05, 0) is 36.4 Å². The second kappa shape index (κ2) is 6.40. The number of nitrogen functional groups attached to an aromatic ring is 1. The van der Waals surface area contributed by atoms with Crippen molar-refractivity contribution in [2.24, 2.45) is 0 Å². The smallest absolute Gasteiger partial charge is 0.159 e. The number of benzene rings is 1. The summed E-state index contributed by atoms with van der Waals surface area (Å²) < 4.78 is 1.01. The normalized spacial score (nSPS) is 10.2. The number of anilines is 5. The molecule has 0 spiro atoms. The molecular formula is C15H13BrN6. The van der Waals surface area contributed by atoms with Crippen LogP contribution in [0.3, 0.4) is 0 Å². The zero-order chi connectivity index (χ0) is 15.4. The van der Waals surface area contributed by atoms with E-state index in [9.17, 15) is 0 Å². The summed E-state index contributed by atoms with van der Waals surface area (Å²) in [7, 11) is 0. The molecule has 0 bridgehead atoms. The van der Waals surface area contributed by atoms with E-state index in [4.69, 9.17) is 5.73 Å². The Bertz CT molecular complexity index is 761. The van der Waals surface area contributed by atoms with Gasteiger partial charge in [-0.25, -0.2) is 9.97 Å². The van der Waals surface area contributed by atoms with Crippen molar-refractivity contribution in [3.63, 3.8) is 0 Å². The minimum Gasteiger partial charge on any atom is -0.393 e. The van der Waals surface area contributed by atoms with Crippen LogP contribution in [0.15, 0.2) is 59.6 Å². The monoisotopic (exact) mass is 356 g/mol. The molecule has 6 nitrogen and oxygen atoms in total. The van der Waals surface area contributed by atoms with Gasteiger partial charge in [-0.1, -0.05) is 15.9 Å². The zero-order valence-electron chi connectivity index (χ0n) is 11.5. The lowest BCUT2D eigenvalue weighted by molar-refractivity contribution is 1.17. The second-order valence-corrected chi connectivity index (χ2v) is 5.40. The van der Waals surface area contributed by atoms with Crippen molar-refractivity contribution < 1.29 is 0 Å². The highest BCUT2D eigenvalue weighted by Crippen LogP contribution is 2.28. The Kier molecular flexibility index (Phi) is 4.15. The lowest BCUT2D eigenvalue weighted by Gasteiger charge is -2.12. The van der Waals surface area contributed by atoms with Crippen LogP contribution in [0.1, 0.15) is 0 Å². The van der Waals surface area contributed by atoms with Crippen LogP contribution in [0.2, 0.25) is 0 Å². The van der Waals surface area contributed by atoms with E-state index in [1.54, 1.807) is 12.4 Å². The Balaban J connectivity index is 1.84. The Hall–Kier alpha value is -2.67. The second-order valence-electron chi connectivity index (χ2n) is 4.48. The zero-order valence-corrected chi connectivity index (χ0v) is 13.1. The first kappa shape index (κ1) is 14.3. The molecule has 1 aromatic carbocycles. The predicted molar refractivity (Wildman–Crippen MR) is 91.4 cm³/mol. The highest BCUT2D eigenvalue weighted by atomic mass is 79.9. The van der Waals surface area contributed by atoms with E-state index in [-0.39, 0.29) is 0 Å². The number of rotatable bonds is 4. The minimum absolute atomic E-state index is 0.439. The van der Waals surface area contributed by atoms with Gasteiger partial charge in [-0.3, -0.25) is 4.98 Å². The average Bonchev–Trinajstić information content (AvgIpc) is 2.54. The molecule has 0 unspecified atom stereocenters. The summed E-state index contributed by atoms with van der Waals surface area (Å²) in [4.78, 5) is 12.4. The molecule has 0 aliphatic heterocycles. The molecular weight excluding hydrogens is 344 g/mol. The maximum atomic E-state index is 6.13. The molecule has 3 aromatic rings. The highest BCUT2D eigenvalue weighted by Gasteiger charge is 2.08. The van der Waals surface area contributed by atoms with Gasteiger partial charge in [-0.2, -0.15) is 0 Å². The summed E-state index contributed by atoms with van der Waals surface area (Å²) in [5.41, 5.74) is 8.27. The van der Waals surface area contributed by atoms with Gasteiger partial charge in [0.1, 0.15) is 12.0 Å². The van der Waals surface area contributed by atoms with Crippen molar-refractivity contribution in [2.75, 3.05) is 16.4 Å². The van der Waals surface area contributed by atoms with Gasteiger partial charge in [0.2, 0.25) is 0 Å². The third kappa shape index (κ3) is 3.32. The largest absolute Gasteiger partial charge is 0.393 e. The highest BCUT2D eigenvalue weighted by molar-refractivity contribution is 9.10. The third-order valence-corrected chi connectivity index (χ3v) is 3.44. The van der Waals surface area contributed by atoms with E-state index in [2.05, 4.69) is 41.5 Å². The quantitative estimate of drug-likeness (QED) is 0.660. The number of halogens is 1. The topological polar surface area (TPSA) is 88.8 Å². The van der Waals surface area contributed by atoms with Crippen LogP contribution in [0.25, 0.3) is 0 Å². The first-order valence-corrected chi connectivity index (χ1v) is 7.32. The van der Waals surface area contributed by atoms with Crippen LogP contribution >= 0.6 is 15.9 Å². The van der Waals surface area contributed by atoms with Gasteiger partial charge in [-0.15, -0.1) is 0 Å². The maximum Gasteiger partial charge on any atom is 0.159 e. The van der Waals surface area contributed by atoms with E-state index >= 15 is 0 Å². The van der Waals surface area contributed by atoms with Gasteiger partial charge in [0.05, 0.1) is 11.9 Å². The van der Waals surface area contributed by atoms with Crippen LogP contribution in [-0.2, 0) is 0 Å². The third-order valence-electron chi connectivity index (χ3n) is 2.92. The lowest BCUT2D eigenvalue weighted by Crippen LogP contribution is -2.05.